The minimum atomic E-state index is -0.839. The van der Waals surface area contributed by atoms with Crippen molar-refractivity contribution in [2.75, 3.05) is 13.2 Å². The van der Waals surface area contributed by atoms with Crippen LogP contribution in [0.2, 0.25) is 0 Å². The Morgan fingerprint density at radius 2 is 0.560 bits per heavy atom. The van der Waals surface area contributed by atoms with Gasteiger partial charge in [0.25, 0.3) is 0 Å². The fourth-order valence-corrected chi connectivity index (χ4v) is 8.39. The van der Waals surface area contributed by atoms with E-state index in [0.717, 1.165) is 109 Å². The van der Waals surface area contributed by atoms with Gasteiger partial charge in [0.15, 0.2) is 6.10 Å². The predicted octanol–water partition coefficient (Wildman–Crippen LogP) is 21.2. The highest BCUT2D eigenvalue weighted by molar-refractivity contribution is 5.72. The Morgan fingerprint density at radius 1 is 0.293 bits per heavy atom. The van der Waals surface area contributed by atoms with Gasteiger partial charge in [-0.3, -0.25) is 14.4 Å². The topological polar surface area (TPSA) is 78.9 Å². The average molecular weight is 1040 g/mol. The number of hydrogen-bond acceptors (Lipinski definition) is 6. The van der Waals surface area contributed by atoms with E-state index >= 15 is 0 Å². The standard InChI is InChI=1S/C69H114O6/c1-4-7-10-13-16-19-22-25-28-29-30-31-32-33-34-35-36-37-38-39-42-44-47-50-53-56-59-62-68(71)74-65-66(75-69(72)63-60-57-54-51-48-45-41-27-24-21-18-15-12-9-6-3)64-73-67(70)61-58-55-52-49-46-43-40-26-23-20-17-14-11-8-5-2/h7,9-10,12,16,18-19,21,25-28,30-31,40-41,48,51,57,60,66H,4-6,8,11,13-15,17,20,22-24,29,32-39,42-47,49-50,52-56,58-59,61-65H2,1-3H3/b10-7-,12-9-,19-16-,21-18-,28-25-,31-30-,40-26-,41-27-,51-48-,60-57-. The first-order valence-electron chi connectivity index (χ1n) is 31.0. The molecule has 75 heavy (non-hydrogen) atoms. The van der Waals surface area contributed by atoms with E-state index in [1.54, 1.807) is 6.08 Å². The molecule has 0 aliphatic carbocycles. The molecule has 0 aromatic carbocycles. The van der Waals surface area contributed by atoms with E-state index in [1.165, 1.54) is 128 Å². The molecule has 0 radical (unpaired) electrons. The third kappa shape index (κ3) is 60.6. The van der Waals surface area contributed by atoms with E-state index < -0.39 is 12.1 Å². The van der Waals surface area contributed by atoms with Gasteiger partial charge in [-0.25, -0.2) is 0 Å². The number of ether oxygens (including phenoxy) is 3. The van der Waals surface area contributed by atoms with Crippen LogP contribution in [0.15, 0.2) is 122 Å². The number of hydrogen-bond donors (Lipinski definition) is 0. The smallest absolute Gasteiger partial charge is 0.310 e. The third-order valence-corrected chi connectivity index (χ3v) is 13.0. The molecule has 0 aliphatic rings. The summed E-state index contributed by atoms with van der Waals surface area (Å²) in [6.45, 7) is 6.33. The van der Waals surface area contributed by atoms with Crippen molar-refractivity contribution in [3.63, 3.8) is 0 Å². The minimum absolute atomic E-state index is 0.0927. The summed E-state index contributed by atoms with van der Waals surface area (Å²) in [5.74, 6) is -1.06. The fourth-order valence-electron chi connectivity index (χ4n) is 8.39. The van der Waals surface area contributed by atoms with Crippen molar-refractivity contribution in [3.05, 3.63) is 122 Å². The molecule has 0 aliphatic heterocycles. The zero-order valence-electron chi connectivity index (χ0n) is 48.8. The number of carbonyl (C=O) groups excluding carboxylic acids is 3. The summed E-state index contributed by atoms with van der Waals surface area (Å²) in [7, 11) is 0. The molecule has 1 atom stereocenters. The van der Waals surface area contributed by atoms with E-state index in [1.807, 2.05) is 6.08 Å². The predicted molar refractivity (Wildman–Crippen MR) is 325 cm³/mol. The summed E-state index contributed by atoms with van der Waals surface area (Å²) in [6, 6.07) is 0. The summed E-state index contributed by atoms with van der Waals surface area (Å²) in [4.78, 5) is 38.2. The van der Waals surface area contributed by atoms with Gasteiger partial charge in [-0.2, -0.15) is 0 Å². The van der Waals surface area contributed by atoms with Crippen LogP contribution in [0, 0.1) is 0 Å². The number of esters is 3. The highest BCUT2D eigenvalue weighted by Gasteiger charge is 2.19. The maximum Gasteiger partial charge on any atom is 0.310 e. The molecule has 0 N–H and O–H groups in total. The highest BCUT2D eigenvalue weighted by atomic mass is 16.6. The summed E-state index contributed by atoms with van der Waals surface area (Å²) in [6.07, 6.45) is 86.6. The molecule has 426 valence electrons. The lowest BCUT2D eigenvalue weighted by Crippen LogP contribution is -2.30. The van der Waals surface area contributed by atoms with Crippen molar-refractivity contribution < 1.29 is 28.6 Å². The Bertz CT molecular complexity index is 1570. The van der Waals surface area contributed by atoms with Crippen molar-refractivity contribution in [3.8, 4) is 0 Å². The zero-order valence-corrected chi connectivity index (χ0v) is 48.8. The van der Waals surface area contributed by atoms with Crippen LogP contribution in [0.25, 0.3) is 0 Å². The first kappa shape index (κ1) is 70.8. The fraction of sp³-hybridized carbons (Fsp3) is 0.667. The summed E-state index contributed by atoms with van der Waals surface area (Å²) < 4.78 is 16.8. The summed E-state index contributed by atoms with van der Waals surface area (Å²) >= 11 is 0. The molecule has 6 heteroatoms. The monoisotopic (exact) mass is 1040 g/mol. The number of rotatable bonds is 55. The number of carbonyl (C=O) groups is 3. The number of allylic oxidation sites excluding steroid dienone is 19. The SMILES string of the molecule is CC/C=C\C/C=C\C/C=C\C/C=C\C/C=C\CC(=O)OC(COC(=O)CCCCCCC/C=C\CCCCCCCC)COC(=O)CCCCCCCCCCCCCCCC/C=C\C/C=C\C/C=C\C/C=C\CC. The maximum atomic E-state index is 12.8. The molecule has 0 saturated heterocycles. The van der Waals surface area contributed by atoms with E-state index in [0.29, 0.717) is 12.8 Å². The van der Waals surface area contributed by atoms with E-state index in [2.05, 4.69) is 130 Å². The normalized spacial score (nSPS) is 12.9. The van der Waals surface area contributed by atoms with Gasteiger partial charge < -0.3 is 14.2 Å². The van der Waals surface area contributed by atoms with Crippen LogP contribution in [0.4, 0.5) is 0 Å². The minimum Gasteiger partial charge on any atom is -0.462 e. The second-order valence-electron chi connectivity index (χ2n) is 20.2. The average Bonchev–Trinajstić information content (AvgIpc) is 3.41. The van der Waals surface area contributed by atoms with Gasteiger partial charge >= 0.3 is 17.9 Å². The van der Waals surface area contributed by atoms with E-state index in [4.69, 9.17) is 14.2 Å². The van der Waals surface area contributed by atoms with Gasteiger partial charge in [-0.05, 0) is 109 Å². The molecule has 0 bridgehead atoms. The molecule has 0 aromatic rings. The lowest BCUT2D eigenvalue weighted by atomic mass is 10.0. The lowest BCUT2D eigenvalue weighted by molar-refractivity contribution is -0.166. The molecule has 6 nitrogen and oxygen atoms in total. The molecule has 0 spiro atoms. The summed E-state index contributed by atoms with van der Waals surface area (Å²) in [5, 5.41) is 0. The molecule has 0 fully saturated rings. The quantitative estimate of drug-likeness (QED) is 0.0261. The van der Waals surface area contributed by atoms with Gasteiger partial charge in [-0.1, -0.05) is 271 Å². The molecular formula is C69H114O6. The molecule has 0 amide bonds. The van der Waals surface area contributed by atoms with Gasteiger partial charge in [0.1, 0.15) is 13.2 Å². The van der Waals surface area contributed by atoms with Crippen LogP contribution in [-0.2, 0) is 28.6 Å². The van der Waals surface area contributed by atoms with Crippen molar-refractivity contribution in [1.82, 2.24) is 0 Å². The molecular weight excluding hydrogens is 925 g/mol. The second-order valence-corrected chi connectivity index (χ2v) is 20.2. The van der Waals surface area contributed by atoms with Crippen molar-refractivity contribution in [1.29, 1.82) is 0 Å². The second kappa shape index (κ2) is 62.4. The third-order valence-electron chi connectivity index (χ3n) is 13.0. The first-order chi connectivity index (χ1) is 37.0. The van der Waals surface area contributed by atoms with Gasteiger partial charge in [0.05, 0.1) is 6.42 Å². The van der Waals surface area contributed by atoms with Crippen LogP contribution < -0.4 is 0 Å². The van der Waals surface area contributed by atoms with Crippen molar-refractivity contribution >= 4 is 17.9 Å². The van der Waals surface area contributed by atoms with Crippen LogP contribution >= 0.6 is 0 Å². The number of unbranched alkanes of at least 4 members (excludes halogenated alkanes) is 25. The lowest BCUT2D eigenvalue weighted by Gasteiger charge is -2.18. The van der Waals surface area contributed by atoms with Crippen molar-refractivity contribution in [2.45, 2.75) is 284 Å². The molecule has 1 unspecified atom stereocenters. The molecule has 0 saturated carbocycles. The Kier molecular flexibility index (Phi) is 58.9. The van der Waals surface area contributed by atoms with E-state index in [9.17, 15) is 14.4 Å². The van der Waals surface area contributed by atoms with Crippen LogP contribution in [0.1, 0.15) is 278 Å². The van der Waals surface area contributed by atoms with Gasteiger partial charge in [0, 0.05) is 12.8 Å². The molecule has 0 rings (SSSR count). The Hall–Kier alpha value is -4.19. The maximum absolute atomic E-state index is 12.8. The largest absolute Gasteiger partial charge is 0.462 e. The summed E-state index contributed by atoms with van der Waals surface area (Å²) in [5.41, 5.74) is 0. The van der Waals surface area contributed by atoms with Crippen molar-refractivity contribution in [2.24, 2.45) is 0 Å². The Morgan fingerprint density at radius 3 is 0.893 bits per heavy atom. The van der Waals surface area contributed by atoms with Crippen LogP contribution in [0.3, 0.4) is 0 Å². The molecule has 0 heterocycles. The van der Waals surface area contributed by atoms with Gasteiger partial charge in [0.2, 0.25) is 0 Å². The highest BCUT2D eigenvalue weighted by Crippen LogP contribution is 2.15. The molecule has 0 aromatic heterocycles. The Balaban J connectivity index is 4.36. The van der Waals surface area contributed by atoms with Crippen LogP contribution in [-0.4, -0.2) is 37.2 Å². The van der Waals surface area contributed by atoms with E-state index in [-0.39, 0.29) is 31.6 Å². The zero-order chi connectivity index (χ0) is 54.3. The van der Waals surface area contributed by atoms with Crippen LogP contribution in [0.5, 0.6) is 0 Å². The Labute approximate surface area is 462 Å². The van der Waals surface area contributed by atoms with Gasteiger partial charge in [-0.15, -0.1) is 0 Å². The first-order valence-corrected chi connectivity index (χ1v) is 31.0.